The molecule has 0 atom stereocenters. The third-order valence-electron chi connectivity index (χ3n) is 5.69. The van der Waals surface area contributed by atoms with E-state index in [4.69, 9.17) is 0 Å². The van der Waals surface area contributed by atoms with Gasteiger partial charge in [-0.25, -0.2) is 8.42 Å². The Labute approximate surface area is 174 Å². The van der Waals surface area contributed by atoms with E-state index in [1.54, 1.807) is 12.1 Å². The molecule has 6 nitrogen and oxygen atoms in total. The van der Waals surface area contributed by atoms with Crippen molar-refractivity contribution in [2.45, 2.75) is 56.4 Å². The van der Waals surface area contributed by atoms with E-state index < -0.39 is 10.0 Å². The van der Waals surface area contributed by atoms with Crippen molar-refractivity contribution in [2.75, 3.05) is 26.2 Å². The summed E-state index contributed by atoms with van der Waals surface area (Å²) in [5.74, 6) is 0.367. The minimum Gasteiger partial charge on any atom is -0.353 e. The predicted molar refractivity (Wildman–Crippen MR) is 113 cm³/mol. The van der Waals surface area contributed by atoms with Gasteiger partial charge in [0.1, 0.15) is 0 Å². The zero-order valence-electron chi connectivity index (χ0n) is 16.7. The predicted octanol–water partition coefficient (Wildman–Crippen LogP) is 2.50. The van der Waals surface area contributed by atoms with Crippen LogP contribution in [-0.4, -0.2) is 50.9 Å². The number of piperidine rings is 2. The monoisotopic (exact) mass is 429 g/mol. The molecule has 1 aromatic rings. The van der Waals surface area contributed by atoms with Crippen LogP contribution in [0, 0.1) is 5.92 Å². The van der Waals surface area contributed by atoms with Gasteiger partial charge in [-0.1, -0.05) is 26.0 Å². The van der Waals surface area contributed by atoms with Gasteiger partial charge < -0.3 is 10.6 Å². The average Bonchev–Trinajstić information content (AvgIpc) is 2.69. The lowest BCUT2D eigenvalue weighted by Gasteiger charge is -2.32. The van der Waals surface area contributed by atoms with Crippen LogP contribution in [0.4, 0.5) is 0 Å². The summed E-state index contributed by atoms with van der Waals surface area (Å²) in [5, 5.41) is 6.43. The summed E-state index contributed by atoms with van der Waals surface area (Å²) in [6.07, 6.45) is 3.09. The third-order valence-corrected chi connectivity index (χ3v) is 7.61. The fraction of sp³-hybridized carbons (Fsp3) is 0.650. The first-order valence-electron chi connectivity index (χ1n) is 9.99. The first-order valence-corrected chi connectivity index (χ1v) is 11.4. The highest BCUT2D eigenvalue weighted by molar-refractivity contribution is 7.89. The maximum Gasteiger partial charge on any atom is 0.243 e. The molecule has 3 rings (SSSR count). The first-order chi connectivity index (χ1) is 12.9. The fourth-order valence-electron chi connectivity index (χ4n) is 3.82. The molecular weight excluding hydrogens is 398 g/mol. The van der Waals surface area contributed by atoms with Crippen LogP contribution in [0.25, 0.3) is 0 Å². The summed E-state index contributed by atoms with van der Waals surface area (Å²) >= 11 is 0. The van der Waals surface area contributed by atoms with E-state index in [9.17, 15) is 13.2 Å². The molecule has 2 saturated heterocycles. The number of carbonyl (C=O) groups is 1. The topological polar surface area (TPSA) is 78.5 Å². The number of nitrogens with one attached hydrogen (secondary N) is 2. The first kappa shape index (κ1) is 23.1. The molecule has 1 amide bonds. The molecule has 2 heterocycles. The van der Waals surface area contributed by atoms with Gasteiger partial charge in [-0.2, -0.15) is 4.31 Å². The molecule has 0 bridgehead atoms. The number of hydrogen-bond donors (Lipinski definition) is 2. The highest BCUT2D eigenvalue weighted by Gasteiger charge is 2.32. The number of amides is 1. The van der Waals surface area contributed by atoms with Crippen LogP contribution in [0.1, 0.15) is 51.0 Å². The Morgan fingerprint density at radius 1 is 1.07 bits per heavy atom. The minimum atomic E-state index is -3.49. The second kappa shape index (κ2) is 10.1. The Kier molecular flexibility index (Phi) is 8.30. The van der Waals surface area contributed by atoms with E-state index >= 15 is 0 Å². The summed E-state index contributed by atoms with van der Waals surface area (Å²) in [6, 6.07) is 7.41. The van der Waals surface area contributed by atoms with Crippen LogP contribution in [0.2, 0.25) is 0 Å². The van der Waals surface area contributed by atoms with Crippen LogP contribution in [0.15, 0.2) is 29.2 Å². The van der Waals surface area contributed by atoms with Gasteiger partial charge in [0.15, 0.2) is 0 Å². The number of sulfonamides is 1. The van der Waals surface area contributed by atoms with Crippen LogP contribution < -0.4 is 10.6 Å². The van der Waals surface area contributed by atoms with Gasteiger partial charge in [0, 0.05) is 25.0 Å². The second-order valence-corrected chi connectivity index (χ2v) is 9.87. The zero-order valence-corrected chi connectivity index (χ0v) is 18.3. The maximum atomic E-state index is 12.9. The van der Waals surface area contributed by atoms with Crippen LogP contribution >= 0.6 is 12.4 Å². The van der Waals surface area contributed by atoms with Crippen molar-refractivity contribution in [3.05, 3.63) is 29.8 Å². The third kappa shape index (κ3) is 5.47. The Morgan fingerprint density at radius 2 is 1.64 bits per heavy atom. The number of halogens is 1. The van der Waals surface area contributed by atoms with Gasteiger partial charge in [0.2, 0.25) is 15.9 Å². The molecule has 158 valence electrons. The lowest BCUT2D eigenvalue weighted by molar-refractivity contribution is -0.127. The van der Waals surface area contributed by atoms with Gasteiger partial charge in [-0.3, -0.25) is 4.79 Å². The Morgan fingerprint density at radius 3 is 2.18 bits per heavy atom. The Bertz CT molecular complexity index is 738. The molecule has 2 aliphatic rings. The van der Waals surface area contributed by atoms with Gasteiger partial charge in [0.25, 0.3) is 0 Å². The van der Waals surface area contributed by atoms with Crippen molar-refractivity contribution in [1.29, 1.82) is 0 Å². The lowest BCUT2D eigenvalue weighted by Crippen LogP contribution is -2.47. The van der Waals surface area contributed by atoms with Crippen molar-refractivity contribution < 1.29 is 13.2 Å². The van der Waals surface area contributed by atoms with Crippen molar-refractivity contribution in [2.24, 2.45) is 5.92 Å². The molecule has 2 N–H and O–H groups in total. The van der Waals surface area contributed by atoms with Gasteiger partial charge >= 0.3 is 0 Å². The summed E-state index contributed by atoms with van der Waals surface area (Å²) in [7, 11) is -3.49. The summed E-state index contributed by atoms with van der Waals surface area (Å²) in [6.45, 7) is 6.86. The van der Waals surface area contributed by atoms with E-state index in [1.807, 2.05) is 12.1 Å². The van der Waals surface area contributed by atoms with Gasteiger partial charge in [0.05, 0.1) is 4.90 Å². The number of nitrogens with zero attached hydrogens (tertiary/aromatic N) is 1. The lowest BCUT2D eigenvalue weighted by atomic mass is 9.96. The van der Waals surface area contributed by atoms with E-state index in [0.29, 0.717) is 36.7 Å². The number of hydrogen-bond acceptors (Lipinski definition) is 4. The summed E-state index contributed by atoms with van der Waals surface area (Å²) in [5.41, 5.74) is 1.13. The molecule has 0 spiro atoms. The van der Waals surface area contributed by atoms with E-state index in [0.717, 1.165) is 31.5 Å². The van der Waals surface area contributed by atoms with E-state index in [1.165, 1.54) is 4.31 Å². The maximum absolute atomic E-state index is 12.9. The Hall–Kier alpha value is -1.15. The van der Waals surface area contributed by atoms with Crippen LogP contribution in [-0.2, 0) is 14.8 Å². The number of rotatable bonds is 5. The minimum absolute atomic E-state index is 0. The zero-order chi connectivity index (χ0) is 19.4. The molecule has 0 saturated carbocycles. The van der Waals surface area contributed by atoms with Crippen LogP contribution in [0.5, 0.6) is 0 Å². The SMILES string of the molecule is CC(C)c1ccc(S(=O)(=O)N2CCC(C(=O)NC3CCNCC3)CC2)cc1.Cl. The molecule has 8 heteroatoms. The molecular formula is C20H32ClN3O3S. The largest absolute Gasteiger partial charge is 0.353 e. The number of benzene rings is 1. The molecule has 0 aliphatic carbocycles. The molecule has 2 fully saturated rings. The van der Waals surface area contributed by atoms with Crippen molar-refractivity contribution in [3.8, 4) is 0 Å². The van der Waals surface area contributed by atoms with Crippen molar-refractivity contribution in [1.82, 2.24) is 14.9 Å². The van der Waals surface area contributed by atoms with E-state index in [-0.39, 0.29) is 30.3 Å². The van der Waals surface area contributed by atoms with Gasteiger partial charge in [-0.15, -0.1) is 12.4 Å². The molecule has 1 aromatic carbocycles. The highest BCUT2D eigenvalue weighted by atomic mass is 35.5. The normalized spacial score (nSPS) is 20.0. The van der Waals surface area contributed by atoms with Crippen molar-refractivity contribution in [3.63, 3.8) is 0 Å². The molecule has 0 radical (unpaired) electrons. The summed E-state index contributed by atoms with van der Waals surface area (Å²) in [4.78, 5) is 12.8. The van der Waals surface area contributed by atoms with Gasteiger partial charge in [-0.05, 0) is 62.4 Å². The molecule has 0 aromatic heterocycles. The fourth-order valence-corrected chi connectivity index (χ4v) is 5.29. The standard InChI is InChI=1S/C20H31N3O3S.ClH/c1-15(2)16-3-5-19(6-4-16)27(25,26)23-13-9-17(10-14-23)20(24)22-18-7-11-21-12-8-18;/h3-6,15,17-18,21H,7-14H2,1-2H3,(H,22,24);1H. The smallest absolute Gasteiger partial charge is 0.243 e. The highest BCUT2D eigenvalue weighted by Crippen LogP contribution is 2.25. The van der Waals surface area contributed by atoms with E-state index in [2.05, 4.69) is 24.5 Å². The average molecular weight is 430 g/mol. The molecule has 2 aliphatic heterocycles. The number of carbonyl (C=O) groups excluding carboxylic acids is 1. The summed E-state index contributed by atoms with van der Waals surface area (Å²) < 4.78 is 27.3. The van der Waals surface area contributed by atoms with Crippen LogP contribution in [0.3, 0.4) is 0 Å². The quantitative estimate of drug-likeness (QED) is 0.753. The molecule has 0 unspecified atom stereocenters. The second-order valence-electron chi connectivity index (χ2n) is 7.93. The van der Waals surface area contributed by atoms with Crippen molar-refractivity contribution >= 4 is 28.3 Å². The Balaban J connectivity index is 0.00000280. The molecule has 28 heavy (non-hydrogen) atoms.